The maximum atomic E-state index is 9.40. The number of nitrogens with zero attached hydrogens (tertiary/aromatic N) is 2. The Morgan fingerprint density at radius 1 is 1.53 bits per heavy atom. The van der Waals surface area contributed by atoms with Crippen molar-refractivity contribution in [2.45, 2.75) is 25.8 Å². The molecule has 6 heteroatoms. The van der Waals surface area contributed by atoms with Crippen molar-refractivity contribution in [3.8, 4) is 0 Å². The van der Waals surface area contributed by atoms with Crippen molar-refractivity contribution < 1.29 is 5.11 Å². The van der Waals surface area contributed by atoms with Gasteiger partial charge in [0, 0.05) is 0 Å². The van der Waals surface area contributed by atoms with E-state index in [1.165, 1.54) is 11.3 Å². The molecule has 92 valence electrons. The first-order valence-corrected chi connectivity index (χ1v) is 6.63. The number of aromatic nitrogens is 2. The molecule has 2 aromatic heterocycles. The molecule has 0 radical (unpaired) electrons. The first-order chi connectivity index (χ1) is 8.08. The van der Waals surface area contributed by atoms with Crippen LogP contribution in [0.3, 0.4) is 0 Å². The summed E-state index contributed by atoms with van der Waals surface area (Å²) in [7, 11) is 0. The number of halogens is 1. The van der Waals surface area contributed by atoms with Gasteiger partial charge in [0.15, 0.2) is 0 Å². The second kappa shape index (κ2) is 4.76. The number of thiophene rings is 1. The lowest BCUT2D eigenvalue weighted by Gasteiger charge is -2.28. The molecule has 2 rings (SSSR count). The van der Waals surface area contributed by atoms with Crippen LogP contribution in [0, 0.1) is 0 Å². The van der Waals surface area contributed by atoms with Gasteiger partial charge in [-0.05, 0) is 36.4 Å². The monoisotopic (exact) mass is 271 g/mol. The first kappa shape index (κ1) is 12.5. The zero-order valence-corrected chi connectivity index (χ0v) is 11.3. The standard InChI is InChI=1S/C11H14ClN3OS/c1-3-11(2,6-16)15-8-7-4-5-17-9(7)14-10(12)13-8/h4-5,16H,3,6H2,1-2H3,(H,13,14,15). The van der Waals surface area contributed by atoms with E-state index >= 15 is 0 Å². The van der Waals surface area contributed by atoms with Crippen LogP contribution < -0.4 is 5.32 Å². The van der Waals surface area contributed by atoms with Crippen molar-refractivity contribution in [2.75, 3.05) is 11.9 Å². The second-order valence-corrected chi connectivity index (χ2v) is 5.41. The van der Waals surface area contributed by atoms with Gasteiger partial charge in [0.1, 0.15) is 10.6 Å². The number of fused-ring (bicyclic) bond motifs is 1. The van der Waals surface area contributed by atoms with Crippen molar-refractivity contribution in [1.29, 1.82) is 0 Å². The molecule has 0 saturated carbocycles. The number of hydrogen-bond acceptors (Lipinski definition) is 5. The molecule has 0 amide bonds. The normalized spacial score (nSPS) is 14.8. The van der Waals surface area contributed by atoms with Crippen molar-refractivity contribution in [1.82, 2.24) is 9.97 Å². The Hall–Kier alpha value is -0.910. The number of anilines is 1. The third-order valence-electron chi connectivity index (χ3n) is 2.85. The van der Waals surface area contributed by atoms with Gasteiger partial charge in [0.05, 0.1) is 17.5 Å². The maximum Gasteiger partial charge on any atom is 0.225 e. The van der Waals surface area contributed by atoms with Crippen molar-refractivity contribution in [3.05, 3.63) is 16.7 Å². The summed E-state index contributed by atoms with van der Waals surface area (Å²) in [6, 6.07) is 1.95. The molecule has 4 nitrogen and oxygen atoms in total. The van der Waals surface area contributed by atoms with Crippen molar-refractivity contribution in [2.24, 2.45) is 0 Å². The summed E-state index contributed by atoms with van der Waals surface area (Å²) < 4.78 is 0. The van der Waals surface area contributed by atoms with E-state index in [0.717, 1.165) is 16.6 Å². The minimum Gasteiger partial charge on any atom is -0.394 e. The average molecular weight is 272 g/mol. The first-order valence-electron chi connectivity index (χ1n) is 5.38. The quantitative estimate of drug-likeness (QED) is 0.840. The number of rotatable bonds is 4. The van der Waals surface area contributed by atoms with Gasteiger partial charge in [-0.15, -0.1) is 11.3 Å². The molecule has 0 aliphatic rings. The number of aliphatic hydroxyl groups excluding tert-OH is 1. The summed E-state index contributed by atoms with van der Waals surface area (Å²) in [5.41, 5.74) is -0.396. The van der Waals surface area contributed by atoms with Gasteiger partial charge in [0.25, 0.3) is 0 Å². The van der Waals surface area contributed by atoms with Gasteiger partial charge >= 0.3 is 0 Å². The Morgan fingerprint density at radius 2 is 2.29 bits per heavy atom. The largest absolute Gasteiger partial charge is 0.394 e. The van der Waals surface area contributed by atoms with Gasteiger partial charge in [-0.3, -0.25) is 0 Å². The van der Waals surface area contributed by atoms with Gasteiger partial charge in [-0.1, -0.05) is 6.92 Å². The summed E-state index contributed by atoms with van der Waals surface area (Å²) in [5, 5.41) is 15.8. The number of nitrogens with one attached hydrogen (secondary N) is 1. The van der Waals surface area contributed by atoms with E-state index in [-0.39, 0.29) is 11.9 Å². The molecule has 0 bridgehead atoms. The highest BCUT2D eigenvalue weighted by atomic mass is 35.5. The molecule has 17 heavy (non-hydrogen) atoms. The second-order valence-electron chi connectivity index (χ2n) is 4.18. The molecular formula is C11H14ClN3OS. The Kier molecular flexibility index (Phi) is 3.51. The van der Waals surface area contributed by atoms with E-state index in [9.17, 15) is 5.11 Å². The van der Waals surface area contributed by atoms with Crippen LogP contribution in [0.5, 0.6) is 0 Å². The maximum absolute atomic E-state index is 9.40. The molecule has 1 atom stereocenters. The zero-order chi connectivity index (χ0) is 12.5. The zero-order valence-electron chi connectivity index (χ0n) is 9.70. The third kappa shape index (κ3) is 2.51. The lowest BCUT2D eigenvalue weighted by atomic mass is 10.0. The predicted molar refractivity (Wildman–Crippen MR) is 71.8 cm³/mol. The van der Waals surface area contributed by atoms with Crippen LogP contribution in [0.25, 0.3) is 10.2 Å². The lowest BCUT2D eigenvalue weighted by Crippen LogP contribution is -2.38. The van der Waals surface area contributed by atoms with Gasteiger partial charge < -0.3 is 10.4 Å². The Morgan fingerprint density at radius 3 is 2.94 bits per heavy atom. The topological polar surface area (TPSA) is 58.0 Å². The van der Waals surface area contributed by atoms with Crippen LogP contribution in [-0.2, 0) is 0 Å². The van der Waals surface area contributed by atoms with Crippen LogP contribution in [0.4, 0.5) is 5.82 Å². The fourth-order valence-corrected chi connectivity index (χ4v) is 2.43. The van der Waals surface area contributed by atoms with Crippen LogP contribution in [0.15, 0.2) is 11.4 Å². The fourth-order valence-electron chi connectivity index (χ4n) is 1.45. The van der Waals surface area contributed by atoms with E-state index in [0.29, 0.717) is 5.82 Å². The van der Waals surface area contributed by atoms with Crippen molar-refractivity contribution >= 4 is 39.0 Å². The number of hydrogen-bond donors (Lipinski definition) is 2. The minimum absolute atomic E-state index is 0.0384. The molecule has 2 N–H and O–H groups in total. The highest BCUT2D eigenvalue weighted by Gasteiger charge is 2.22. The van der Waals surface area contributed by atoms with E-state index in [1.807, 2.05) is 25.3 Å². The summed E-state index contributed by atoms with van der Waals surface area (Å²) in [4.78, 5) is 9.19. The van der Waals surface area contributed by atoms with Crippen molar-refractivity contribution in [3.63, 3.8) is 0 Å². The van der Waals surface area contributed by atoms with Gasteiger partial charge in [-0.2, -0.15) is 0 Å². The third-order valence-corrected chi connectivity index (χ3v) is 3.82. The van der Waals surface area contributed by atoms with Gasteiger partial charge in [0.2, 0.25) is 5.28 Å². The Bertz CT molecular complexity index is 524. The minimum atomic E-state index is -0.396. The van der Waals surface area contributed by atoms with Crippen LogP contribution >= 0.6 is 22.9 Å². The molecule has 0 fully saturated rings. The molecular weight excluding hydrogens is 258 g/mol. The molecule has 0 saturated heterocycles. The lowest BCUT2D eigenvalue weighted by molar-refractivity contribution is 0.218. The molecule has 0 spiro atoms. The smallest absolute Gasteiger partial charge is 0.225 e. The molecule has 0 aromatic carbocycles. The predicted octanol–water partition coefficient (Wildman–Crippen LogP) is 2.92. The van der Waals surface area contributed by atoms with Crippen LogP contribution in [0.2, 0.25) is 5.28 Å². The van der Waals surface area contributed by atoms with E-state index < -0.39 is 5.54 Å². The fraction of sp³-hybridized carbons (Fsp3) is 0.455. The van der Waals surface area contributed by atoms with Gasteiger partial charge in [-0.25, -0.2) is 9.97 Å². The molecule has 2 aromatic rings. The molecule has 0 aliphatic carbocycles. The van der Waals surface area contributed by atoms with E-state index in [2.05, 4.69) is 15.3 Å². The SMILES string of the molecule is CCC(C)(CO)Nc1nc(Cl)nc2sccc12. The summed E-state index contributed by atoms with van der Waals surface area (Å²) in [5.74, 6) is 0.680. The summed E-state index contributed by atoms with van der Waals surface area (Å²) >= 11 is 7.40. The van der Waals surface area contributed by atoms with Crippen LogP contribution in [-0.4, -0.2) is 27.2 Å². The summed E-state index contributed by atoms with van der Waals surface area (Å²) in [6.07, 6.45) is 0.788. The highest BCUT2D eigenvalue weighted by Crippen LogP contribution is 2.28. The average Bonchev–Trinajstić information content (AvgIpc) is 2.77. The molecule has 1 unspecified atom stereocenters. The molecule has 2 heterocycles. The van der Waals surface area contributed by atoms with E-state index in [4.69, 9.17) is 11.6 Å². The van der Waals surface area contributed by atoms with Crippen LogP contribution in [0.1, 0.15) is 20.3 Å². The molecule has 0 aliphatic heterocycles. The Balaban J connectivity index is 2.44. The highest BCUT2D eigenvalue weighted by molar-refractivity contribution is 7.16. The Labute approximate surface area is 109 Å². The number of aliphatic hydroxyl groups is 1. The summed E-state index contributed by atoms with van der Waals surface area (Å²) in [6.45, 7) is 3.99. The van der Waals surface area contributed by atoms with E-state index in [1.54, 1.807) is 0 Å².